The summed E-state index contributed by atoms with van der Waals surface area (Å²) < 4.78 is 5.18. The summed E-state index contributed by atoms with van der Waals surface area (Å²) in [5, 5.41) is 27.6. The van der Waals surface area contributed by atoms with Crippen molar-refractivity contribution >= 4 is 34.0 Å². The van der Waals surface area contributed by atoms with Crippen molar-refractivity contribution in [1.29, 1.82) is 5.26 Å². The van der Waals surface area contributed by atoms with E-state index < -0.39 is 10.4 Å². The quantitative estimate of drug-likeness (QED) is 0.610. The van der Waals surface area contributed by atoms with Gasteiger partial charge < -0.3 is 10.5 Å². The number of nitriles is 1. The Balaban J connectivity index is 1.77. The maximum Gasteiger partial charge on any atom is 0.269 e. The number of rotatable bonds is 4. The van der Waals surface area contributed by atoms with Gasteiger partial charge in [0.25, 0.3) is 5.69 Å². The molecule has 0 bridgehead atoms. The van der Waals surface area contributed by atoms with Crippen LogP contribution in [0.4, 0.5) is 5.69 Å². The van der Waals surface area contributed by atoms with Gasteiger partial charge >= 0.3 is 0 Å². The zero-order chi connectivity index (χ0) is 20.5. The van der Waals surface area contributed by atoms with E-state index in [1.54, 1.807) is 24.3 Å². The zero-order valence-electron chi connectivity index (χ0n) is 15.1. The number of thioether (sulfide) groups is 1. The van der Waals surface area contributed by atoms with Crippen LogP contribution in [0.1, 0.15) is 11.1 Å². The monoisotopic (exact) mass is 406 g/mol. The van der Waals surface area contributed by atoms with Crippen LogP contribution in [0.5, 0.6) is 5.75 Å². The Kier molecular flexibility index (Phi) is 4.66. The number of hydrogen-bond acceptors (Lipinski definition) is 9. The van der Waals surface area contributed by atoms with Crippen molar-refractivity contribution in [2.24, 2.45) is 15.8 Å². The largest absolute Gasteiger partial charge is 0.497 e. The molecule has 2 N–H and O–H groups in total. The summed E-state index contributed by atoms with van der Waals surface area (Å²) in [5.41, 5.74) is 7.64. The fourth-order valence-electron chi connectivity index (χ4n) is 2.97. The van der Waals surface area contributed by atoms with Crippen LogP contribution in [0.2, 0.25) is 0 Å². The van der Waals surface area contributed by atoms with Crippen molar-refractivity contribution in [1.82, 2.24) is 5.01 Å². The highest BCUT2D eigenvalue weighted by Gasteiger charge is 2.37. The van der Waals surface area contributed by atoms with Crippen molar-refractivity contribution in [3.63, 3.8) is 0 Å². The second-order valence-corrected chi connectivity index (χ2v) is 7.12. The number of hydrazone groups is 1. The predicted octanol–water partition coefficient (Wildman–Crippen LogP) is 2.90. The first-order chi connectivity index (χ1) is 14.0. The summed E-state index contributed by atoms with van der Waals surface area (Å²) in [5.74, 6) is 0.844. The van der Waals surface area contributed by atoms with Crippen LogP contribution in [0.3, 0.4) is 0 Å². The lowest BCUT2D eigenvalue weighted by Gasteiger charge is -2.27. The number of nitro groups is 1. The highest BCUT2D eigenvalue weighted by atomic mass is 32.2. The number of nitrogens with zero attached hydrogens (tertiary/aromatic N) is 5. The Morgan fingerprint density at radius 1 is 1.21 bits per heavy atom. The van der Waals surface area contributed by atoms with Crippen molar-refractivity contribution < 1.29 is 9.66 Å². The summed E-state index contributed by atoms with van der Waals surface area (Å²) in [6.45, 7) is 0. The van der Waals surface area contributed by atoms with E-state index >= 15 is 0 Å². The van der Waals surface area contributed by atoms with Crippen molar-refractivity contribution in [3.8, 4) is 11.8 Å². The second kappa shape index (κ2) is 7.29. The first-order valence-electron chi connectivity index (χ1n) is 8.43. The molecule has 0 fully saturated rings. The minimum absolute atomic E-state index is 0.0416. The molecule has 1 unspecified atom stereocenters. The number of benzene rings is 2. The number of nitrogens with two attached hydrogens (primary N) is 1. The van der Waals surface area contributed by atoms with Crippen LogP contribution in [0.25, 0.3) is 5.70 Å². The van der Waals surface area contributed by atoms with Crippen molar-refractivity contribution in [2.45, 2.75) is 5.50 Å². The van der Waals surface area contributed by atoms with Gasteiger partial charge in [0.15, 0.2) is 5.50 Å². The molecule has 2 aliphatic rings. The number of ether oxygens (including phenoxy) is 1. The summed E-state index contributed by atoms with van der Waals surface area (Å²) in [7, 11) is 1.60. The molecule has 0 aromatic heterocycles. The van der Waals surface area contributed by atoms with E-state index in [9.17, 15) is 15.4 Å². The van der Waals surface area contributed by atoms with Gasteiger partial charge in [-0.1, -0.05) is 11.8 Å². The van der Waals surface area contributed by atoms with Gasteiger partial charge in [0, 0.05) is 23.3 Å². The SMILES string of the molecule is COc1ccc(C2=NN3C(c4ccc([N+](=O)[O-])cc4)=C(C#N)C(N)=NC3S2)cc1. The molecule has 9 nitrogen and oxygen atoms in total. The van der Waals surface area contributed by atoms with E-state index in [-0.39, 0.29) is 17.1 Å². The van der Waals surface area contributed by atoms with Crippen molar-refractivity contribution in [2.75, 3.05) is 7.11 Å². The number of non-ortho nitro benzene ring substituents is 1. The van der Waals surface area contributed by atoms with Crippen LogP contribution in [0, 0.1) is 21.4 Å². The van der Waals surface area contributed by atoms with Gasteiger partial charge in [-0.05, 0) is 36.4 Å². The molecular weight excluding hydrogens is 392 g/mol. The van der Waals surface area contributed by atoms with Crippen LogP contribution < -0.4 is 10.5 Å². The summed E-state index contributed by atoms with van der Waals surface area (Å²) in [6.07, 6.45) is 0. The highest BCUT2D eigenvalue weighted by Crippen LogP contribution is 2.40. The van der Waals surface area contributed by atoms with Gasteiger partial charge in [0.1, 0.15) is 28.3 Å². The number of aliphatic imine (C=N–C) groups is 1. The fraction of sp³-hybridized carbons (Fsp3) is 0.105. The molecule has 0 amide bonds. The Hall–Kier alpha value is -3.84. The molecule has 4 rings (SSSR count). The molecule has 0 saturated heterocycles. The molecule has 0 spiro atoms. The Labute approximate surface area is 169 Å². The maximum atomic E-state index is 10.9. The molecule has 0 saturated carbocycles. The Morgan fingerprint density at radius 3 is 2.45 bits per heavy atom. The van der Waals surface area contributed by atoms with E-state index in [4.69, 9.17) is 10.5 Å². The Morgan fingerprint density at radius 2 is 1.86 bits per heavy atom. The first-order valence-corrected chi connectivity index (χ1v) is 9.31. The average Bonchev–Trinajstić information content (AvgIpc) is 3.16. The number of methoxy groups -OCH3 is 1. The smallest absolute Gasteiger partial charge is 0.269 e. The summed E-state index contributed by atoms with van der Waals surface area (Å²) in [6, 6.07) is 15.4. The molecule has 0 radical (unpaired) electrons. The summed E-state index contributed by atoms with van der Waals surface area (Å²) in [4.78, 5) is 14.9. The lowest BCUT2D eigenvalue weighted by molar-refractivity contribution is -0.384. The standard InChI is InChI=1S/C19H14N6O3S/c1-28-14-8-4-12(5-9-14)18-23-24-16(11-2-6-13(7-3-11)25(26)27)15(10-20)17(21)22-19(24)29-18/h2-9,19H,1H3,(H2,21,22). The average molecular weight is 406 g/mol. The molecule has 1 atom stereocenters. The van der Waals surface area contributed by atoms with E-state index in [1.165, 1.54) is 23.9 Å². The number of nitro benzene ring substituents is 1. The third-order valence-electron chi connectivity index (χ3n) is 4.40. The molecule has 29 heavy (non-hydrogen) atoms. The maximum absolute atomic E-state index is 10.9. The third kappa shape index (κ3) is 3.28. The molecular formula is C19H14N6O3S. The molecule has 0 aliphatic carbocycles. The molecule has 2 aliphatic heterocycles. The molecule has 2 heterocycles. The van der Waals surface area contributed by atoms with Crippen LogP contribution in [-0.4, -0.2) is 33.4 Å². The van der Waals surface area contributed by atoms with Gasteiger partial charge in [0.2, 0.25) is 0 Å². The number of amidine groups is 1. The number of hydrogen-bond donors (Lipinski definition) is 1. The molecule has 10 heteroatoms. The van der Waals surface area contributed by atoms with Gasteiger partial charge in [-0.3, -0.25) is 10.1 Å². The highest BCUT2D eigenvalue weighted by molar-refractivity contribution is 8.15. The second-order valence-electron chi connectivity index (χ2n) is 6.08. The van der Waals surface area contributed by atoms with Crippen molar-refractivity contribution in [3.05, 3.63) is 75.3 Å². The van der Waals surface area contributed by atoms with E-state index in [1.807, 2.05) is 24.3 Å². The van der Waals surface area contributed by atoms with Crippen LogP contribution >= 0.6 is 11.8 Å². The van der Waals surface area contributed by atoms with Gasteiger partial charge in [-0.15, -0.1) is 0 Å². The molecule has 144 valence electrons. The van der Waals surface area contributed by atoms with E-state index in [2.05, 4.69) is 16.2 Å². The molecule has 2 aromatic rings. The zero-order valence-corrected chi connectivity index (χ0v) is 16.0. The lowest BCUT2D eigenvalue weighted by atomic mass is 10.0. The normalized spacial score (nSPS) is 17.9. The number of fused-ring (bicyclic) bond motifs is 1. The van der Waals surface area contributed by atoms with Crippen LogP contribution in [0.15, 0.2) is 64.2 Å². The predicted molar refractivity (Wildman–Crippen MR) is 110 cm³/mol. The van der Waals surface area contributed by atoms with E-state index in [0.717, 1.165) is 11.3 Å². The first kappa shape index (κ1) is 18.5. The van der Waals surface area contributed by atoms with Gasteiger partial charge in [-0.2, -0.15) is 10.4 Å². The molecule has 2 aromatic carbocycles. The topological polar surface area (TPSA) is 130 Å². The summed E-state index contributed by atoms with van der Waals surface area (Å²) >= 11 is 1.40. The van der Waals surface area contributed by atoms with Gasteiger partial charge in [0.05, 0.1) is 17.7 Å². The van der Waals surface area contributed by atoms with Gasteiger partial charge in [-0.25, -0.2) is 10.0 Å². The minimum Gasteiger partial charge on any atom is -0.497 e. The van der Waals surface area contributed by atoms with Crippen LogP contribution in [-0.2, 0) is 0 Å². The lowest BCUT2D eigenvalue weighted by Crippen LogP contribution is -2.33. The minimum atomic E-state index is -0.478. The third-order valence-corrected chi connectivity index (χ3v) is 5.45. The fourth-order valence-corrected chi connectivity index (χ4v) is 3.99. The van der Waals surface area contributed by atoms with E-state index in [0.29, 0.717) is 16.3 Å². The Bertz CT molecular complexity index is 1120.